The quantitative estimate of drug-likeness (QED) is 0.332. The predicted molar refractivity (Wildman–Crippen MR) is 136 cm³/mol. The van der Waals surface area contributed by atoms with Crippen molar-refractivity contribution in [3.05, 3.63) is 41.9 Å². The molecule has 1 aromatic heterocycles. The van der Waals surface area contributed by atoms with Crippen LogP contribution in [0.2, 0.25) is 0 Å². The molecule has 2 aromatic rings. The van der Waals surface area contributed by atoms with Crippen molar-refractivity contribution >= 4 is 23.6 Å². The van der Waals surface area contributed by atoms with E-state index in [1.165, 1.54) is 6.20 Å². The molecule has 38 heavy (non-hydrogen) atoms. The number of hydrogen-bond donors (Lipinski definition) is 4. The molecule has 1 aromatic carbocycles. The summed E-state index contributed by atoms with van der Waals surface area (Å²) in [5, 5.41) is 12.1. The lowest BCUT2D eigenvalue weighted by molar-refractivity contribution is -0.138. The van der Waals surface area contributed by atoms with Crippen LogP contribution in [0.5, 0.6) is 0 Å². The molecule has 1 amide bonds. The van der Waals surface area contributed by atoms with Crippen molar-refractivity contribution in [2.24, 2.45) is 17.6 Å². The van der Waals surface area contributed by atoms with Crippen molar-refractivity contribution in [3.63, 3.8) is 0 Å². The van der Waals surface area contributed by atoms with Gasteiger partial charge in [-0.05, 0) is 37.0 Å². The van der Waals surface area contributed by atoms with Gasteiger partial charge in [-0.1, -0.05) is 0 Å². The van der Waals surface area contributed by atoms with Gasteiger partial charge in [-0.25, -0.2) is 18.2 Å². The molecule has 0 spiro atoms. The number of H-pyrrole nitrogens is 1. The third-order valence-electron chi connectivity index (χ3n) is 6.99. The number of thioether (sulfide) groups is 1. The maximum Gasteiger partial charge on any atom is 0.321 e. The number of carbonyl (C=O) groups excluding carboxylic acids is 1. The van der Waals surface area contributed by atoms with Gasteiger partial charge in [-0.15, -0.1) is 11.8 Å². The minimum Gasteiger partial charge on any atom is -0.480 e. The number of imidazole rings is 1. The molecule has 0 radical (unpaired) electrons. The van der Waals surface area contributed by atoms with Crippen LogP contribution in [0.15, 0.2) is 24.4 Å². The number of carboxylic acid groups (broad SMARTS) is 1. The number of alkyl halides is 1. The number of rotatable bonds is 11. The Labute approximate surface area is 222 Å². The first-order valence-electron chi connectivity index (χ1n) is 12.5. The number of nitrogens with zero attached hydrogens (tertiary/aromatic N) is 2. The molecular formula is C25H32F3N5O4S. The second kappa shape index (κ2) is 13.0. The van der Waals surface area contributed by atoms with E-state index in [2.05, 4.69) is 15.3 Å². The van der Waals surface area contributed by atoms with Gasteiger partial charge in [0.2, 0.25) is 5.91 Å². The van der Waals surface area contributed by atoms with Gasteiger partial charge in [0.05, 0.1) is 23.7 Å². The number of aliphatic carboxylic acids is 1. The Hall–Kier alpha value is -2.61. The highest BCUT2D eigenvalue weighted by atomic mass is 32.2. The number of nitrogens with two attached hydrogens (primary N) is 1. The summed E-state index contributed by atoms with van der Waals surface area (Å²) in [6.07, 6.45) is 1.51. The largest absolute Gasteiger partial charge is 0.480 e. The van der Waals surface area contributed by atoms with Gasteiger partial charge in [-0.3, -0.25) is 9.59 Å². The second-order valence-corrected chi connectivity index (χ2v) is 10.7. The normalized spacial score (nSPS) is 21.8. The molecular weight excluding hydrogens is 523 g/mol. The number of ether oxygens (including phenoxy) is 1. The molecule has 2 aliphatic rings. The maximum absolute atomic E-state index is 14.7. The first-order valence-corrected chi connectivity index (χ1v) is 13.7. The molecule has 0 bridgehead atoms. The molecule has 4 rings (SSSR count). The molecule has 5 N–H and O–H groups in total. The van der Waals surface area contributed by atoms with Gasteiger partial charge in [0.25, 0.3) is 0 Å². The summed E-state index contributed by atoms with van der Waals surface area (Å²) in [4.78, 5) is 33.9. The van der Waals surface area contributed by atoms with Crippen molar-refractivity contribution < 1.29 is 32.6 Å². The Kier molecular flexibility index (Phi) is 9.69. The van der Waals surface area contributed by atoms with E-state index in [-0.39, 0.29) is 47.7 Å². The fraction of sp³-hybridized carbons (Fsp3) is 0.560. The molecule has 0 aliphatic carbocycles. The first-order chi connectivity index (χ1) is 18.2. The average molecular weight is 556 g/mol. The van der Waals surface area contributed by atoms with Crippen LogP contribution in [0, 0.1) is 23.5 Å². The number of carbonyl (C=O) groups is 2. The fourth-order valence-electron chi connectivity index (χ4n) is 4.92. The monoisotopic (exact) mass is 555 g/mol. The van der Waals surface area contributed by atoms with Crippen molar-refractivity contribution in [3.8, 4) is 11.3 Å². The number of benzene rings is 1. The first kappa shape index (κ1) is 28.4. The smallest absolute Gasteiger partial charge is 0.321 e. The fourth-order valence-corrected chi connectivity index (χ4v) is 5.77. The van der Waals surface area contributed by atoms with Crippen LogP contribution >= 0.6 is 11.8 Å². The summed E-state index contributed by atoms with van der Waals surface area (Å²) in [6.45, 7) is 1.67. The average Bonchev–Trinajstić information content (AvgIpc) is 3.54. The summed E-state index contributed by atoms with van der Waals surface area (Å²) in [5.74, 6) is -2.84. The number of hydrogen-bond acceptors (Lipinski definition) is 7. The molecule has 0 saturated carbocycles. The lowest BCUT2D eigenvalue weighted by Gasteiger charge is -2.39. The van der Waals surface area contributed by atoms with Crippen LogP contribution in [0.4, 0.5) is 13.2 Å². The minimum absolute atomic E-state index is 0.00869. The summed E-state index contributed by atoms with van der Waals surface area (Å²) < 4.78 is 48.5. The molecule has 2 fully saturated rings. The van der Waals surface area contributed by atoms with Crippen molar-refractivity contribution in [1.82, 2.24) is 20.2 Å². The zero-order valence-electron chi connectivity index (χ0n) is 20.7. The van der Waals surface area contributed by atoms with Crippen LogP contribution in [-0.2, 0) is 14.3 Å². The van der Waals surface area contributed by atoms with E-state index >= 15 is 0 Å². The summed E-state index contributed by atoms with van der Waals surface area (Å²) >= 11 is 1.10. The Bertz CT molecular complexity index is 1120. The van der Waals surface area contributed by atoms with E-state index in [1.807, 2.05) is 0 Å². The van der Waals surface area contributed by atoms with Gasteiger partial charge < -0.3 is 30.8 Å². The lowest BCUT2D eigenvalue weighted by atomic mass is 9.89. The summed E-state index contributed by atoms with van der Waals surface area (Å²) in [5.41, 5.74) is 5.86. The number of nitrogens with one attached hydrogen (secondary N) is 2. The van der Waals surface area contributed by atoms with E-state index < -0.39 is 41.8 Å². The second-order valence-electron chi connectivity index (χ2n) is 9.64. The van der Waals surface area contributed by atoms with E-state index in [1.54, 1.807) is 4.90 Å². The SMILES string of the molecule is NC(CSCC(=O)N(CC1CNCC1F)C(c1ncc(-c2cc(F)ccc2F)[nH]1)C1CCOCC1)C(=O)O. The van der Waals surface area contributed by atoms with Crippen LogP contribution in [-0.4, -0.2) is 88.4 Å². The number of amides is 1. The molecule has 4 unspecified atom stereocenters. The molecule has 13 heteroatoms. The summed E-state index contributed by atoms with van der Waals surface area (Å²) in [7, 11) is 0. The van der Waals surface area contributed by atoms with Crippen molar-refractivity contribution in [2.75, 3.05) is 44.4 Å². The van der Waals surface area contributed by atoms with Crippen molar-refractivity contribution in [2.45, 2.75) is 31.1 Å². The third-order valence-corrected chi connectivity index (χ3v) is 8.04. The number of halogens is 3. The van der Waals surface area contributed by atoms with E-state index in [9.17, 15) is 22.8 Å². The highest BCUT2D eigenvalue weighted by Crippen LogP contribution is 2.36. The predicted octanol–water partition coefficient (Wildman–Crippen LogP) is 2.35. The zero-order valence-corrected chi connectivity index (χ0v) is 21.6. The van der Waals surface area contributed by atoms with Gasteiger partial charge in [0, 0.05) is 50.1 Å². The molecule has 4 atom stereocenters. The number of aromatic nitrogens is 2. The highest BCUT2D eigenvalue weighted by molar-refractivity contribution is 8.00. The van der Waals surface area contributed by atoms with E-state index in [0.29, 0.717) is 38.4 Å². The Morgan fingerprint density at radius 3 is 2.71 bits per heavy atom. The minimum atomic E-state index is -1.16. The molecule has 3 heterocycles. The van der Waals surface area contributed by atoms with E-state index in [4.69, 9.17) is 15.6 Å². The van der Waals surface area contributed by atoms with Crippen LogP contribution in [0.1, 0.15) is 24.7 Å². The standard InChI is InChI=1S/C25H32F3N5O4S/c26-16-1-2-18(27)17(7-16)21-10-31-24(32-21)23(14-3-5-37-6-4-14)33(11-15-8-30-9-19(15)28)22(34)13-38-12-20(29)25(35)36/h1-2,7,10,14-15,19-20,23,30H,3-6,8-9,11-13,29H2,(H,31,32)(H,35,36). The highest BCUT2D eigenvalue weighted by Gasteiger charge is 2.39. The molecule has 9 nitrogen and oxygen atoms in total. The van der Waals surface area contributed by atoms with Crippen LogP contribution in [0.25, 0.3) is 11.3 Å². The number of carboxylic acids is 1. The van der Waals surface area contributed by atoms with E-state index in [0.717, 1.165) is 30.0 Å². The lowest BCUT2D eigenvalue weighted by Crippen LogP contribution is -2.45. The van der Waals surface area contributed by atoms with Gasteiger partial charge in [0.15, 0.2) is 0 Å². The molecule has 2 saturated heterocycles. The number of aromatic amines is 1. The third kappa shape index (κ3) is 6.87. The van der Waals surface area contributed by atoms with Gasteiger partial charge >= 0.3 is 5.97 Å². The molecule has 2 aliphatic heterocycles. The maximum atomic E-state index is 14.7. The van der Waals surface area contributed by atoms with Crippen LogP contribution < -0.4 is 11.1 Å². The Morgan fingerprint density at radius 2 is 2.03 bits per heavy atom. The Balaban J connectivity index is 1.65. The van der Waals surface area contributed by atoms with Gasteiger partial charge in [-0.2, -0.15) is 0 Å². The van der Waals surface area contributed by atoms with Gasteiger partial charge in [0.1, 0.15) is 29.7 Å². The van der Waals surface area contributed by atoms with Crippen LogP contribution in [0.3, 0.4) is 0 Å². The molecule has 208 valence electrons. The zero-order chi connectivity index (χ0) is 27.2. The Morgan fingerprint density at radius 1 is 1.26 bits per heavy atom. The van der Waals surface area contributed by atoms with Crippen molar-refractivity contribution in [1.29, 1.82) is 0 Å². The topological polar surface area (TPSA) is 134 Å². The summed E-state index contributed by atoms with van der Waals surface area (Å²) in [6, 6.07) is 1.41.